The van der Waals surface area contributed by atoms with E-state index in [2.05, 4.69) is 10.4 Å². The zero-order valence-corrected chi connectivity index (χ0v) is 14.3. The number of rotatable bonds is 5. The fourth-order valence-corrected chi connectivity index (χ4v) is 2.54. The van der Waals surface area contributed by atoms with Gasteiger partial charge in [-0.1, -0.05) is 12.1 Å². The maximum atomic E-state index is 14.0. The summed E-state index contributed by atoms with van der Waals surface area (Å²) < 4.78 is 33.8. The molecule has 0 bridgehead atoms. The van der Waals surface area contributed by atoms with E-state index in [0.29, 0.717) is 12.2 Å². The van der Waals surface area contributed by atoms with E-state index >= 15 is 0 Å². The van der Waals surface area contributed by atoms with Crippen LogP contribution < -0.4 is 10.1 Å². The first-order valence-corrected chi connectivity index (χ1v) is 7.88. The second-order valence-corrected chi connectivity index (χ2v) is 5.69. The first-order chi connectivity index (χ1) is 12.5. The number of hydrogen-bond acceptors (Lipinski definition) is 3. The zero-order valence-electron chi connectivity index (χ0n) is 14.3. The Hall–Kier alpha value is -3.22. The maximum absolute atomic E-state index is 14.0. The highest BCUT2D eigenvalue weighted by Crippen LogP contribution is 2.24. The van der Waals surface area contributed by atoms with Crippen molar-refractivity contribution in [2.24, 2.45) is 7.05 Å². The van der Waals surface area contributed by atoms with Crippen LogP contribution in [-0.2, 0) is 13.6 Å². The Balaban J connectivity index is 1.75. The molecule has 26 heavy (non-hydrogen) atoms. The van der Waals surface area contributed by atoms with Crippen molar-refractivity contribution in [2.75, 3.05) is 7.11 Å². The Kier molecular flexibility index (Phi) is 4.97. The van der Waals surface area contributed by atoms with E-state index in [0.717, 1.165) is 29.5 Å². The number of carbonyl (C=O) groups is 1. The van der Waals surface area contributed by atoms with Crippen LogP contribution in [0.3, 0.4) is 0 Å². The summed E-state index contributed by atoms with van der Waals surface area (Å²) >= 11 is 0. The lowest BCUT2D eigenvalue weighted by Gasteiger charge is -2.04. The van der Waals surface area contributed by atoms with Gasteiger partial charge in [0.2, 0.25) is 0 Å². The van der Waals surface area contributed by atoms with Crippen LogP contribution >= 0.6 is 0 Å². The molecule has 1 N–H and O–H groups in total. The van der Waals surface area contributed by atoms with Crippen LogP contribution in [0.4, 0.5) is 8.78 Å². The highest BCUT2D eigenvalue weighted by Gasteiger charge is 2.16. The number of halogens is 2. The minimum atomic E-state index is -0.584. The van der Waals surface area contributed by atoms with Gasteiger partial charge in [-0.05, 0) is 42.0 Å². The van der Waals surface area contributed by atoms with E-state index in [4.69, 9.17) is 4.74 Å². The van der Waals surface area contributed by atoms with Gasteiger partial charge in [-0.15, -0.1) is 0 Å². The van der Waals surface area contributed by atoms with Crippen molar-refractivity contribution in [1.82, 2.24) is 15.1 Å². The van der Waals surface area contributed by atoms with E-state index < -0.39 is 17.5 Å². The molecule has 0 radical (unpaired) electrons. The number of nitrogens with zero attached hydrogens (tertiary/aromatic N) is 2. The van der Waals surface area contributed by atoms with Crippen LogP contribution in [0, 0.1) is 11.6 Å². The number of methoxy groups -OCH3 is 1. The summed E-state index contributed by atoms with van der Waals surface area (Å²) in [6, 6.07) is 11.9. The number of carbonyl (C=O) groups excluding carboxylic acids is 1. The third-order valence-corrected chi connectivity index (χ3v) is 3.93. The summed E-state index contributed by atoms with van der Waals surface area (Å²) in [5.41, 5.74) is 1.39. The number of nitrogens with one attached hydrogen (secondary N) is 1. The minimum Gasteiger partial charge on any atom is -0.497 e. The van der Waals surface area contributed by atoms with Gasteiger partial charge in [0.25, 0.3) is 5.91 Å². The molecule has 134 valence electrons. The topological polar surface area (TPSA) is 56.1 Å². The fourth-order valence-electron chi connectivity index (χ4n) is 2.54. The van der Waals surface area contributed by atoms with E-state index in [9.17, 15) is 13.6 Å². The van der Waals surface area contributed by atoms with E-state index in [1.165, 1.54) is 10.7 Å². The summed E-state index contributed by atoms with van der Waals surface area (Å²) in [6.45, 7) is 0.309. The number of amides is 1. The number of hydrogen-bond donors (Lipinski definition) is 1. The Labute approximate surface area is 149 Å². The first kappa shape index (κ1) is 17.6. The molecular weight excluding hydrogens is 340 g/mol. The Morgan fingerprint density at radius 1 is 1.15 bits per heavy atom. The molecule has 0 saturated carbocycles. The standard InChI is InChI=1S/C19H17F2N3O2/c1-24-18(15-9-13(20)5-8-16(15)21)10-17(23-24)19(25)22-11-12-3-6-14(26-2)7-4-12/h3-10H,11H2,1-2H3,(H,22,25). The average molecular weight is 357 g/mol. The molecule has 0 aliphatic heterocycles. The zero-order chi connectivity index (χ0) is 18.7. The number of benzene rings is 2. The van der Waals surface area contributed by atoms with Gasteiger partial charge in [-0.2, -0.15) is 5.10 Å². The van der Waals surface area contributed by atoms with Crippen LogP contribution in [0.25, 0.3) is 11.3 Å². The molecular formula is C19H17F2N3O2. The van der Waals surface area contributed by atoms with Gasteiger partial charge in [-0.25, -0.2) is 8.78 Å². The van der Waals surface area contributed by atoms with Crippen LogP contribution in [0.15, 0.2) is 48.5 Å². The summed E-state index contributed by atoms with van der Waals surface area (Å²) in [4.78, 5) is 12.3. The molecule has 3 aromatic rings. The summed E-state index contributed by atoms with van der Waals surface area (Å²) in [7, 11) is 3.15. The third kappa shape index (κ3) is 3.72. The second kappa shape index (κ2) is 7.35. The van der Waals surface area contributed by atoms with Crippen LogP contribution in [-0.4, -0.2) is 22.8 Å². The van der Waals surface area contributed by atoms with Crippen molar-refractivity contribution in [2.45, 2.75) is 6.54 Å². The van der Waals surface area contributed by atoms with Crippen molar-refractivity contribution in [3.63, 3.8) is 0 Å². The normalized spacial score (nSPS) is 10.6. The van der Waals surface area contributed by atoms with Crippen LogP contribution in [0.2, 0.25) is 0 Å². The molecule has 0 spiro atoms. The number of aryl methyl sites for hydroxylation is 1. The third-order valence-electron chi connectivity index (χ3n) is 3.93. The SMILES string of the molecule is COc1ccc(CNC(=O)c2cc(-c3cc(F)ccc3F)n(C)n2)cc1. The van der Waals surface area contributed by atoms with Gasteiger partial charge in [0.1, 0.15) is 17.4 Å². The van der Waals surface area contributed by atoms with Gasteiger partial charge >= 0.3 is 0 Å². The smallest absolute Gasteiger partial charge is 0.272 e. The maximum Gasteiger partial charge on any atom is 0.272 e. The molecule has 0 unspecified atom stereocenters. The van der Waals surface area contributed by atoms with Crippen molar-refractivity contribution < 1.29 is 18.3 Å². The van der Waals surface area contributed by atoms with Crippen molar-refractivity contribution in [1.29, 1.82) is 0 Å². The summed E-state index contributed by atoms with van der Waals surface area (Å²) in [6.07, 6.45) is 0. The molecule has 7 heteroatoms. The molecule has 0 fully saturated rings. The van der Waals surface area contributed by atoms with E-state index in [-0.39, 0.29) is 11.3 Å². The molecule has 0 saturated heterocycles. The van der Waals surface area contributed by atoms with Crippen LogP contribution in [0.1, 0.15) is 16.1 Å². The van der Waals surface area contributed by atoms with Crippen LogP contribution in [0.5, 0.6) is 5.75 Å². The lowest BCUT2D eigenvalue weighted by atomic mass is 10.1. The Morgan fingerprint density at radius 2 is 1.88 bits per heavy atom. The minimum absolute atomic E-state index is 0.0502. The first-order valence-electron chi connectivity index (χ1n) is 7.88. The van der Waals surface area contributed by atoms with E-state index in [1.54, 1.807) is 26.3 Å². The van der Waals surface area contributed by atoms with Crippen molar-refractivity contribution in [3.05, 3.63) is 71.4 Å². The number of aromatic nitrogens is 2. The molecule has 1 aromatic heterocycles. The Bertz CT molecular complexity index is 936. The predicted molar refractivity (Wildman–Crippen MR) is 92.7 cm³/mol. The molecule has 2 aromatic carbocycles. The summed E-state index contributed by atoms with van der Waals surface area (Å²) in [5, 5.41) is 6.84. The highest BCUT2D eigenvalue weighted by atomic mass is 19.1. The van der Waals surface area contributed by atoms with Gasteiger partial charge in [0.15, 0.2) is 5.69 Å². The Morgan fingerprint density at radius 3 is 2.58 bits per heavy atom. The monoisotopic (exact) mass is 357 g/mol. The highest BCUT2D eigenvalue weighted by molar-refractivity contribution is 5.93. The van der Waals surface area contributed by atoms with E-state index in [1.807, 2.05) is 12.1 Å². The molecule has 5 nitrogen and oxygen atoms in total. The number of ether oxygens (including phenoxy) is 1. The predicted octanol–water partition coefficient (Wildman–Crippen LogP) is 3.30. The van der Waals surface area contributed by atoms with Crippen molar-refractivity contribution >= 4 is 5.91 Å². The lowest BCUT2D eigenvalue weighted by molar-refractivity contribution is 0.0945. The largest absolute Gasteiger partial charge is 0.497 e. The summed E-state index contributed by atoms with van der Waals surface area (Å²) in [5.74, 6) is -0.821. The molecule has 3 rings (SSSR count). The van der Waals surface area contributed by atoms with Gasteiger partial charge in [0.05, 0.1) is 12.8 Å². The quantitative estimate of drug-likeness (QED) is 0.762. The average Bonchev–Trinajstić information content (AvgIpc) is 3.03. The van der Waals surface area contributed by atoms with Gasteiger partial charge in [-0.3, -0.25) is 9.48 Å². The van der Waals surface area contributed by atoms with Gasteiger partial charge < -0.3 is 10.1 Å². The molecule has 1 heterocycles. The van der Waals surface area contributed by atoms with Crippen molar-refractivity contribution in [3.8, 4) is 17.0 Å². The molecule has 0 aliphatic carbocycles. The van der Waals surface area contributed by atoms with Gasteiger partial charge in [0, 0.05) is 19.2 Å². The molecule has 1 amide bonds. The second-order valence-electron chi connectivity index (χ2n) is 5.69. The molecule has 0 aliphatic rings. The molecule has 0 atom stereocenters. The lowest BCUT2D eigenvalue weighted by Crippen LogP contribution is -2.23. The fraction of sp³-hybridized carbons (Fsp3) is 0.158.